The molecule has 8 heteroatoms. The van der Waals surface area contributed by atoms with Gasteiger partial charge in [-0.3, -0.25) is 5.01 Å². The largest absolute Gasteiger partial charge is 0.748 e. The first-order chi connectivity index (χ1) is 11.9. The van der Waals surface area contributed by atoms with Gasteiger partial charge < -0.3 is 9.29 Å². The van der Waals surface area contributed by atoms with E-state index in [0.29, 0.717) is 6.54 Å². The molecular weight excluding hydrogens is 342 g/mol. The van der Waals surface area contributed by atoms with Crippen LogP contribution in [0.1, 0.15) is 12.0 Å². The summed E-state index contributed by atoms with van der Waals surface area (Å²) in [7, 11) is -0.706. The van der Waals surface area contributed by atoms with Crippen molar-refractivity contribution in [2.45, 2.75) is 13.0 Å². The molecule has 0 fully saturated rings. The van der Waals surface area contributed by atoms with E-state index in [-0.39, 0.29) is 12.2 Å². The van der Waals surface area contributed by atoms with E-state index >= 15 is 0 Å². The first-order valence-electron chi connectivity index (χ1n) is 7.72. The third-order valence-corrected chi connectivity index (χ3v) is 4.31. The molecule has 1 aromatic heterocycles. The van der Waals surface area contributed by atoms with E-state index in [9.17, 15) is 13.0 Å². The maximum atomic E-state index is 10.6. The quantitative estimate of drug-likeness (QED) is 0.306. The molecule has 7 nitrogen and oxygen atoms in total. The normalized spacial score (nSPS) is 11.6. The molecule has 0 saturated heterocycles. The van der Waals surface area contributed by atoms with Gasteiger partial charge in [0.15, 0.2) is 12.4 Å². The molecule has 134 valence electrons. The molecule has 1 aromatic carbocycles. The Balaban J connectivity index is 1.98. The number of methoxy groups -OCH3 is 1. The van der Waals surface area contributed by atoms with E-state index < -0.39 is 10.1 Å². The minimum Gasteiger partial charge on any atom is -0.748 e. The van der Waals surface area contributed by atoms with Gasteiger partial charge in [0.2, 0.25) is 0 Å². The average Bonchev–Trinajstić information content (AvgIpc) is 2.59. The van der Waals surface area contributed by atoms with Crippen LogP contribution in [0.15, 0.2) is 53.9 Å². The van der Waals surface area contributed by atoms with Gasteiger partial charge in [-0.15, -0.1) is 0 Å². The zero-order valence-electron chi connectivity index (χ0n) is 14.2. The van der Waals surface area contributed by atoms with Crippen molar-refractivity contribution in [1.82, 2.24) is 0 Å². The molecule has 0 unspecified atom stereocenters. The molecule has 0 radical (unpaired) electrons. The maximum Gasteiger partial charge on any atom is 0.177 e. The minimum absolute atomic E-state index is 0.281. The molecule has 1 heterocycles. The summed E-state index contributed by atoms with van der Waals surface area (Å²) in [6, 6.07) is 11.3. The van der Waals surface area contributed by atoms with Crippen molar-refractivity contribution >= 4 is 22.0 Å². The number of nitrogens with zero attached hydrogens (tertiary/aromatic N) is 3. The van der Waals surface area contributed by atoms with Crippen molar-refractivity contribution < 1.29 is 22.3 Å². The monoisotopic (exact) mass is 363 g/mol. The number of aromatic nitrogens is 1. The molecule has 0 aliphatic carbocycles. The molecule has 0 saturated carbocycles. The van der Waals surface area contributed by atoms with Gasteiger partial charge in [0.25, 0.3) is 0 Å². The Labute approximate surface area is 147 Å². The second-order valence-electron chi connectivity index (χ2n) is 5.46. The molecule has 0 N–H and O–H groups in total. The van der Waals surface area contributed by atoms with Crippen molar-refractivity contribution in [2.75, 3.05) is 24.9 Å². The fraction of sp³-hybridized carbons (Fsp3) is 0.294. The highest BCUT2D eigenvalue weighted by molar-refractivity contribution is 7.85. The number of rotatable bonds is 8. The lowest BCUT2D eigenvalue weighted by atomic mass is 10.3. The molecule has 0 bridgehead atoms. The summed E-state index contributed by atoms with van der Waals surface area (Å²) in [6.45, 7) is 0.456. The van der Waals surface area contributed by atoms with Gasteiger partial charge in [-0.2, -0.15) is 5.10 Å². The number of anilines is 1. The van der Waals surface area contributed by atoms with Crippen molar-refractivity contribution in [3.63, 3.8) is 0 Å². The van der Waals surface area contributed by atoms with E-state index in [1.807, 2.05) is 60.4 Å². The molecule has 0 aliphatic heterocycles. The lowest BCUT2D eigenvalue weighted by molar-refractivity contribution is -0.696. The fourth-order valence-electron chi connectivity index (χ4n) is 2.20. The predicted molar refractivity (Wildman–Crippen MR) is 94.8 cm³/mol. The van der Waals surface area contributed by atoms with E-state index in [0.717, 1.165) is 17.0 Å². The predicted octanol–water partition coefficient (Wildman–Crippen LogP) is 1.39. The smallest absolute Gasteiger partial charge is 0.177 e. The van der Waals surface area contributed by atoms with Gasteiger partial charge in [-0.05, 0) is 30.3 Å². The Morgan fingerprint density at radius 2 is 2.00 bits per heavy atom. The minimum atomic E-state index is -4.17. The average molecular weight is 363 g/mol. The van der Waals surface area contributed by atoms with E-state index in [1.165, 1.54) is 0 Å². The summed E-state index contributed by atoms with van der Waals surface area (Å²) in [4.78, 5) is 0. The van der Waals surface area contributed by atoms with Crippen molar-refractivity contribution in [2.24, 2.45) is 5.10 Å². The van der Waals surface area contributed by atoms with Gasteiger partial charge in [0.05, 0.1) is 34.7 Å². The Kier molecular flexibility index (Phi) is 6.49. The summed E-state index contributed by atoms with van der Waals surface area (Å²) in [5.41, 5.74) is 1.79. The highest BCUT2D eigenvalue weighted by Crippen LogP contribution is 2.18. The van der Waals surface area contributed by atoms with Crippen molar-refractivity contribution in [3.8, 4) is 5.75 Å². The molecule has 2 rings (SSSR count). The zero-order chi connectivity index (χ0) is 18.3. The number of hydrogen-bond donors (Lipinski definition) is 0. The third-order valence-electron chi connectivity index (χ3n) is 3.52. The highest BCUT2D eigenvalue weighted by atomic mass is 32.2. The van der Waals surface area contributed by atoms with Gasteiger partial charge in [0, 0.05) is 25.3 Å². The lowest BCUT2D eigenvalue weighted by Crippen LogP contribution is -2.34. The molecule has 0 aliphatic rings. The second-order valence-corrected chi connectivity index (χ2v) is 6.98. The molecule has 0 atom stereocenters. The van der Waals surface area contributed by atoms with Crippen LogP contribution in [0.2, 0.25) is 0 Å². The summed E-state index contributed by atoms with van der Waals surface area (Å²) in [5, 5.41) is 6.13. The SMILES string of the molecule is COc1ccc(N(C)N=Cc2ccc[n+](CCCS(=O)(=O)[O-])c2)cc1. The summed E-state index contributed by atoms with van der Waals surface area (Å²) < 4.78 is 38.9. The molecule has 2 aromatic rings. The van der Waals surface area contributed by atoms with Gasteiger partial charge in [-0.25, -0.2) is 13.0 Å². The Bertz CT molecular complexity index is 820. The van der Waals surface area contributed by atoms with Gasteiger partial charge in [0.1, 0.15) is 12.3 Å². The topological polar surface area (TPSA) is 85.9 Å². The van der Waals surface area contributed by atoms with Crippen LogP contribution in [0.5, 0.6) is 5.75 Å². The van der Waals surface area contributed by atoms with Crippen LogP contribution in [0, 0.1) is 0 Å². The fourth-order valence-corrected chi connectivity index (χ4v) is 2.68. The molecule has 25 heavy (non-hydrogen) atoms. The standard InChI is InChI=1S/C17H21N3O4S/c1-19(16-6-8-17(24-2)9-7-16)18-13-15-5-3-10-20(14-15)11-4-12-25(21,22)23/h3,5-10,13-14H,4,11-12H2,1-2H3. The molecule has 0 spiro atoms. The first kappa shape index (κ1) is 18.9. The summed E-state index contributed by atoms with van der Waals surface area (Å²) in [5.74, 6) is 0.420. The second kappa shape index (κ2) is 8.59. The van der Waals surface area contributed by atoms with E-state index in [4.69, 9.17) is 4.74 Å². The molecular formula is C17H21N3O4S. The third kappa shape index (κ3) is 6.52. The number of aryl methyl sites for hydroxylation is 1. The summed E-state index contributed by atoms with van der Waals surface area (Å²) >= 11 is 0. The van der Waals surface area contributed by atoms with Crippen molar-refractivity contribution in [1.29, 1.82) is 0 Å². The van der Waals surface area contributed by atoms with Gasteiger partial charge in [-0.1, -0.05) is 0 Å². The van der Waals surface area contributed by atoms with Crippen LogP contribution in [0.25, 0.3) is 0 Å². The summed E-state index contributed by atoms with van der Waals surface area (Å²) in [6.07, 6.45) is 5.67. The van der Waals surface area contributed by atoms with Crippen molar-refractivity contribution in [3.05, 3.63) is 54.4 Å². The Morgan fingerprint density at radius 1 is 1.28 bits per heavy atom. The van der Waals surface area contributed by atoms with E-state index in [1.54, 1.807) is 18.3 Å². The van der Waals surface area contributed by atoms with Gasteiger partial charge >= 0.3 is 0 Å². The zero-order valence-corrected chi connectivity index (χ0v) is 15.0. The number of hydrogen-bond acceptors (Lipinski definition) is 6. The van der Waals surface area contributed by atoms with Crippen LogP contribution >= 0.6 is 0 Å². The maximum absolute atomic E-state index is 10.6. The first-order valence-corrected chi connectivity index (χ1v) is 9.29. The Morgan fingerprint density at radius 3 is 2.64 bits per heavy atom. The number of ether oxygens (including phenoxy) is 1. The number of benzene rings is 1. The van der Waals surface area contributed by atoms with Crippen LogP contribution in [0.4, 0.5) is 5.69 Å². The number of pyridine rings is 1. The Hall–Kier alpha value is -2.45. The van der Waals surface area contributed by atoms with Crippen LogP contribution in [-0.2, 0) is 16.7 Å². The van der Waals surface area contributed by atoms with E-state index in [2.05, 4.69) is 5.10 Å². The van der Waals surface area contributed by atoms with Crippen LogP contribution in [-0.4, -0.2) is 39.1 Å². The van der Waals surface area contributed by atoms with Crippen LogP contribution < -0.4 is 14.3 Å². The molecule has 0 amide bonds. The van der Waals surface area contributed by atoms with Crippen LogP contribution in [0.3, 0.4) is 0 Å². The lowest BCUT2D eigenvalue weighted by Gasteiger charge is -2.12. The highest BCUT2D eigenvalue weighted by Gasteiger charge is 2.04. The number of hydrazone groups is 1.